The Kier molecular flexibility index (Phi) is 4.43. The Bertz CT molecular complexity index is 1070. The van der Waals surface area contributed by atoms with Crippen LogP contribution in [0.25, 0.3) is 10.9 Å². The number of aromatic amines is 1. The maximum atomic E-state index is 13.8. The summed E-state index contributed by atoms with van der Waals surface area (Å²) in [6.45, 7) is 0.809. The van der Waals surface area contributed by atoms with E-state index in [0.717, 1.165) is 23.9 Å². The van der Waals surface area contributed by atoms with E-state index in [2.05, 4.69) is 9.97 Å². The quantitative estimate of drug-likeness (QED) is 0.754. The molecule has 138 valence electrons. The van der Waals surface area contributed by atoms with Gasteiger partial charge in [-0.2, -0.15) is 0 Å². The molecule has 1 amide bonds. The lowest BCUT2D eigenvalue weighted by Gasteiger charge is -2.32. The van der Waals surface area contributed by atoms with Crippen LogP contribution in [-0.2, 0) is 0 Å². The molecule has 1 N–H and O–H groups in total. The second kappa shape index (κ2) is 6.90. The van der Waals surface area contributed by atoms with Gasteiger partial charge in [-0.3, -0.25) is 14.6 Å². The van der Waals surface area contributed by atoms with Crippen LogP contribution in [0.3, 0.4) is 0 Å². The van der Waals surface area contributed by atoms with Crippen LogP contribution in [0.15, 0.2) is 47.4 Å². The van der Waals surface area contributed by atoms with Crippen molar-refractivity contribution in [3.05, 3.63) is 75.8 Å². The van der Waals surface area contributed by atoms with Crippen molar-refractivity contribution in [3.8, 4) is 0 Å². The second-order valence-electron chi connectivity index (χ2n) is 6.68. The first-order chi connectivity index (χ1) is 13.0. The molecule has 7 heteroatoms. The van der Waals surface area contributed by atoms with Crippen LogP contribution in [0, 0.1) is 11.6 Å². The van der Waals surface area contributed by atoms with E-state index in [1.807, 2.05) is 6.07 Å². The van der Waals surface area contributed by atoms with Crippen molar-refractivity contribution in [1.82, 2.24) is 14.9 Å². The summed E-state index contributed by atoms with van der Waals surface area (Å²) in [5.41, 5.74) is 0.986. The SMILES string of the molecule is O=C(c1cc(F)ccc1F)N1CCC(c2cc3ncccc3c(=O)[nH]2)CC1. The van der Waals surface area contributed by atoms with Crippen molar-refractivity contribution < 1.29 is 13.6 Å². The summed E-state index contributed by atoms with van der Waals surface area (Å²) in [5, 5.41) is 0.537. The molecule has 0 bridgehead atoms. The smallest absolute Gasteiger partial charge is 0.257 e. The number of carbonyl (C=O) groups excluding carboxylic acids is 1. The molecule has 4 rings (SSSR count). The number of nitrogens with one attached hydrogen (secondary N) is 1. The molecule has 2 aromatic heterocycles. The molecule has 0 atom stereocenters. The molecule has 0 aliphatic carbocycles. The molecule has 1 aliphatic heterocycles. The number of fused-ring (bicyclic) bond motifs is 1. The molecule has 0 radical (unpaired) electrons. The van der Waals surface area contributed by atoms with E-state index in [0.29, 0.717) is 36.8 Å². The van der Waals surface area contributed by atoms with Gasteiger partial charge in [0.1, 0.15) is 11.6 Å². The van der Waals surface area contributed by atoms with Crippen molar-refractivity contribution in [2.24, 2.45) is 0 Å². The van der Waals surface area contributed by atoms with Crippen LogP contribution < -0.4 is 5.56 Å². The molecule has 0 spiro atoms. The number of benzene rings is 1. The van der Waals surface area contributed by atoms with Crippen molar-refractivity contribution in [2.45, 2.75) is 18.8 Å². The van der Waals surface area contributed by atoms with E-state index in [-0.39, 0.29) is 17.0 Å². The van der Waals surface area contributed by atoms with Gasteiger partial charge in [-0.1, -0.05) is 0 Å². The first kappa shape index (κ1) is 17.3. The van der Waals surface area contributed by atoms with E-state index < -0.39 is 17.5 Å². The highest BCUT2D eigenvalue weighted by atomic mass is 19.1. The number of hydrogen-bond acceptors (Lipinski definition) is 3. The molecule has 1 aliphatic rings. The summed E-state index contributed by atoms with van der Waals surface area (Å²) in [6.07, 6.45) is 2.88. The molecule has 0 unspecified atom stereocenters. The fourth-order valence-corrected chi connectivity index (χ4v) is 3.55. The van der Waals surface area contributed by atoms with Gasteiger partial charge in [0.15, 0.2) is 0 Å². The van der Waals surface area contributed by atoms with Crippen LogP contribution in [0.5, 0.6) is 0 Å². The molecule has 5 nitrogen and oxygen atoms in total. The van der Waals surface area contributed by atoms with Crippen molar-refractivity contribution in [2.75, 3.05) is 13.1 Å². The normalized spacial score (nSPS) is 15.3. The summed E-state index contributed by atoms with van der Waals surface area (Å²) < 4.78 is 27.2. The van der Waals surface area contributed by atoms with Gasteiger partial charge >= 0.3 is 0 Å². The van der Waals surface area contributed by atoms with Crippen molar-refractivity contribution >= 4 is 16.8 Å². The number of nitrogens with zero attached hydrogens (tertiary/aromatic N) is 2. The number of carbonyl (C=O) groups is 1. The number of hydrogen-bond donors (Lipinski definition) is 1. The van der Waals surface area contributed by atoms with Crippen LogP contribution >= 0.6 is 0 Å². The molecule has 3 heterocycles. The van der Waals surface area contributed by atoms with Gasteiger partial charge in [0.05, 0.1) is 16.5 Å². The van der Waals surface area contributed by atoms with Crippen LogP contribution in [0.4, 0.5) is 8.78 Å². The lowest BCUT2D eigenvalue weighted by atomic mass is 9.92. The van der Waals surface area contributed by atoms with Crippen LogP contribution in [-0.4, -0.2) is 33.9 Å². The Morgan fingerprint density at radius 2 is 1.93 bits per heavy atom. The van der Waals surface area contributed by atoms with E-state index in [9.17, 15) is 18.4 Å². The van der Waals surface area contributed by atoms with Gasteiger partial charge in [0.2, 0.25) is 0 Å². The average Bonchev–Trinajstić information content (AvgIpc) is 2.69. The predicted octanol–water partition coefficient (Wildman–Crippen LogP) is 3.22. The molecule has 0 saturated carbocycles. The Morgan fingerprint density at radius 3 is 2.70 bits per heavy atom. The van der Waals surface area contributed by atoms with Gasteiger partial charge in [0, 0.05) is 30.9 Å². The number of rotatable bonds is 2. The molecule has 1 saturated heterocycles. The van der Waals surface area contributed by atoms with Gasteiger partial charge in [0.25, 0.3) is 11.5 Å². The molecular weight excluding hydrogens is 352 g/mol. The van der Waals surface area contributed by atoms with Crippen LogP contribution in [0.2, 0.25) is 0 Å². The number of halogens is 2. The standard InChI is InChI=1S/C20H17F2N3O2/c21-13-3-4-16(22)15(10-13)20(27)25-8-5-12(6-9-25)17-11-18-14(19(26)24-17)2-1-7-23-18/h1-4,7,10-12H,5-6,8-9H2,(H,24,26). The van der Waals surface area contributed by atoms with E-state index in [4.69, 9.17) is 0 Å². The highest BCUT2D eigenvalue weighted by Crippen LogP contribution is 2.28. The minimum absolute atomic E-state index is 0.0745. The van der Waals surface area contributed by atoms with Gasteiger partial charge in [-0.05, 0) is 49.2 Å². The Morgan fingerprint density at radius 1 is 1.15 bits per heavy atom. The summed E-state index contributed by atoms with van der Waals surface area (Å²) in [7, 11) is 0. The van der Waals surface area contributed by atoms with E-state index in [1.54, 1.807) is 18.3 Å². The number of amides is 1. The minimum Gasteiger partial charge on any atom is -0.339 e. The maximum Gasteiger partial charge on any atom is 0.257 e. The maximum absolute atomic E-state index is 13.8. The number of pyridine rings is 2. The zero-order chi connectivity index (χ0) is 19.0. The van der Waals surface area contributed by atoms with Gasteiger partial charge in [-0.25, -0.2) is 8.78 Å². The lowest BCUT2D eigenvalue weighted by molar-refractivity contribution is 0.0706. The number of piperidine rings is 1. The highest BCUT2D eigenvalue weighted by Gasteiger charge is 2.27. The average molecular weight is 369 g/mol. The molecule has 1 aromatic carbocycles. The zero-order valence-corrected chi connectivity index (χ0v) is 14.4. The number of H-pyrrole nitrogens is 1. The predicted molar refractivity (Wildman–Crippen MR) is 96.6 cm³/mol. The van der Waals surface area contributed by atoms with Crippen molar-refractivity contribution in [3.63, 3.8) is 0 Å². The largest absolute Gasteiger partial charge is 0.339 e. The Balaban J connectivity index is 1.51. The third-order valence-corrected chi connectivity index (χ3v) is 5.01. The molecule has 1 fully saturated rings. The first-order valence-electron chi connectivity index (χ1n) is 8.75. The zero-order valence-electron chi connectivity index (χ0n) is 14.4. The topological polar surface area (TPSA) is 66.1 Å². The fraction of sp³-hybridized carbons (Fsp3) is 0.250. The monoisotopic (exact) mass is 369 g/mol. The highest BCUT2D eigenvalue weighted by molar-refractivity contribution is 5.94. The first-order valence-corrected chi connectivity index (χ1v) is 8.75. The summed E-state index contributed by atoms with van der Waals surface area (Å²) in [5.74, 6) is -1.81. The van der Waals surface area contributed by atoms with E-state index >= 15 is 0 Å². The van der Waals surface area contributed by atoms with E-state index in [1.165, 1.54) is 4.90 Å². The minimum atomic E-state index is -0.728. The fourth-order valence-electron chi connectivity index (χ4n) is 3.55. The van der Waals surface area contributed by atoms with Gasteiger partial charge < -0.3 is 9.88 Å². The summed E-state index contributed by atoms with van der Waals surface area (Å²) in [4.78, 5) is 33.4. The van der Waals surface area contributed by atoms with Gasteiger partial charge in [-0.15, -0.1) is 0 Å². The Labute approximate surface area is 153 Å². The molecular formula is C20H17F2N3O2. The van der Waals surface area contributed by atoms with Crippen LogP contribution in [0.1, 0.15) is 34.8 Å². The molecule has 27 heavy (non-hydrogen) atoms. The lowest BCUT2D eigenvalue weighted by Crippen LogP contribution is -2.38. The molecule has 3 aromatic rings. The summed E-state index contributed by atoms with van der Waals surface area (Å²) >= 11 is 0. The Hall–Kier alpha value is -3.09. The number of aromatic nitrogens is 2. The summed E-state index contributed by atoms with van der Waals surface area (Å²) in [6, 6.07) is 8.18. The number of likely N-dealkylation sites (tertiary alicyclic amines) is 1. The second-order valence-corrected chi connectivity index (χ2v) is 6.68. The van der Waals surface area contributed by atoms with Crippen molar-refractivity contribution in [1.29, 1.82) is 0 Å². The third-order valence-electron chi connectivity index (χ3n) is 5.01. The third kappa shape index (κ3) is 3.32.